The van der Waals surface area contributed by atoms with Gasteiger partial charge in [0.05, 0.1) is 17.9 Å². The summed E-state index contributed by atoms with van der Waals surface area (Å²) in [5, 5.41) is 0. The molecule has 2 heterocycles. The minimum absolute atomic E-state index is 0.172. The van der Waals surface area contributed by atoms with Gasteiger partial charge in [-0.15, -0.1) is 0 Å². The third-order valence-electron chi connectivity index (χ3n) is 7.24. The first-order valence-electron chi connectivity index (χ1n) is 11.4. The zero-order valence-corrected chi connectivity index (χ0v) is 18.3. The maximum atomic E-state index is 13.0. The zero-order chi connectivity index (χ0) is 22.2. The Morgan fingerprint density at radius 3 is 2.53 bits per heavy atom. The normalized spacial score (nSPS) is 27.3. The highest BCUT2D eigenvalue weighted by Gasteiger charge is 2.47. The van der Waals surface area contributed by atoms with E-state index in [9.17, 15) is 14.4 Å². The molecule has 0 spiro atoms. The molecule has 0 N–H and O–H groups in total. The summed E-state index contributed by atoms with van der Waals surface area (Å²) in [5.41, 5.74) is 1.91. The molecule has 1 aliphatic carbocycles. The van der Waals surface area contributed by atoms with E-state index >= 15 is 0 Å². The van der Waals surface area contributed by atoms with Gasteiger partial charge in [0.1, 0.15) is 0 Å². The largest absolute Gasteiger partial charge is 0.462 e. The Morgan fingerprint density at radius 2 is 1.78 bits per heavy atom. The molecule has 6 nitrogen and oxygen atoms in total. The molecular formula is C26H28N2O4. The number of anilines is 1. The Hall–Kier alpha value is -2.99. The highest BCUT2D eigenvalue weighted by Crippen LogP contribution is 2.43. The fourth-order valence-corrected chi connectivity index (χ4v) is 5.62. The Kier molecular flexibility index (Phi) is 5.55. The van der Waals surface area contributed by atoms with Crippen LogP contribution < -0.4 is 4.90 Å². The van der Waals surface area contributed by atoms with Crippen molar-refractivity contribution in [3.8, 4) is 0 Å². The first-order chi connectivity index (χ1) is 15.5. The summed E-state index contributed by atoms with van der Waals surface area (Å²) in [7, 11) is 0. The average molecular weight is 433 g/mol. The van der Waals surface area contributed by atoms with E-state index in [1.54, 1.807) is 31.2 Å². The molecule has 2 aliphatic heterocycles. The van der Waals surface area contributed by atoms with Crippen LogP contribution in [0, 0.1) is 17.8 Å². The zero-order valence-electron chi connectivity index (χ0n) is 18.3. The van der Waals surface area contributed by atoms with E-state index < -0.39 is 5.97 Å². The van der Waals surface area contributed by atoms with Crippen molar-refractivity contribution < 1.29 is 19.1 Å². The van der Waals surface area contributed by atoms with Gasteiger partial charge in [0.25, 0.3) is 0 Å². The topological polar surface area (TPSA) is 66.9 Å². The lowest BCUT2D eigenvalue weighted by atomic mass is 9.99. The van der Waals surface area contributed by atoms with Crippen molar-refractivity contribution in [3.05, 3.63) is 65.7 Å². The van der Waals surface area contributed by atoms with Gasteiger partial charge in [-0.1, -0.05) is 49.4 Å². The molecule has 32 heavy (non-hydrogen) atoms. The molecule has 2 saturated heterocycles. The Bertz CT molecular complexity index is 1040. The van der Waals surface area contributed by atoms with E-state index in [-0.39, 0.29) is 29.7 Å². The Morgan fingerprint density at radius 1 is 1.03 bits per heavy atom. The SMILES string of the molecule is CC1CC(=O)N(c2ccccc2C(=O)OCC2C3CCC2N(Cc2ccccc2)C3)C1=O. The molecular weight excluding hydrogens is 404 g/mol. The number of amides is 2. The average Bonchev–Trinajstić information content (AvgIpc) is 3.42. The Balaban J connectivity index is 1.26. The minimum Gasteiger partial charge on any atom is -0.462 e. The van der Waals surface area contributed by atoms with Crippen LogP contribution in [0.25, 0.3) is 0 Å². The predicted molar refractivity (Wildman–Crippen MR) is 120 cm³/mol. The summed E-state index contributed by atoms with van der Waals surface area (Å²) in [6.45, 7) is 4.06. The standard InChI is InChI=1S/C26H28N2O4/c1-17-13-24(29)28(25(17)30)23-10-6-5-9-20(23)26(31)32-16-21-19-11-12-22(21)27(15-19)14-18-7-3-2-4-8-18/h2-10,17,19,21-22H,11-16H2,1H3. The smallest absolute Gasteiger partial charge is 0.340 e. The van der Waals surface area contributed by atoms with E-state index in [1.807, 2.05) is 6.07 Å². The van der Waals surface area contributed by atoms with Gasteiger partial charge < -0.3 is 4.74 Å². The van der Waals surface area contributed by atoms with Crippen LogP contribution in [0.15, 0.2) is 54.6 Å². The molecule has 2 amide bonds. The van der Waals surface area contributed by atoms with Crippen molar-refractivity contribution >= 4 is 23.5 Å². The quantitative estimate of drug-likeness (QED) is 0.515. The van der Waals surface area contributed by atoms with E-state index in [1.165, 1.54) is 12.0 Å². The number of hydrogen-bond acceptors (Lipinski definition) is 5. The summed E-state index contributed by atoms with van der Waals surface area (Å²) in [5.74, 6) is -0.508. The molecule has 3 fully saturated rings. The van der Waals surface area contributed by atoms with Crippen LogP contribution in [0.5, 0.6) is 0 Å². The van der Waals surface area contributed by atoms with Crippen molar-refractivity contribution in [2.24, 2.45) is 17.8 Å². The minimum atomic E-state index is -0.471. The summed E-state index contributed by atoms with van der Waals surface area (Å²) in [6.07, 6.45) is 2.47. The number of hydrogen-bond donors (Lipinski definition) is 0. The van der Waals surface area contributed by atoms with Gasteiger partial charge in [-0.3, -0.25) is 14.5 Å². The number of nitrogens with zero attached hydrogens (tertiary/aromatic N) is 2. The molecule has 2 bridgehead atoms. The molecule has 5 rings (SSSR count). The van der Waals surface area contributed by atoms with Gasteiger partial charge in [-0.25, -0.2) is 9.69 Å². The lowest BCUT2D eigenvalue weighted by molar-refractivity contribution is -0.122. The lowest BCUT2D eigenvalue weighted by Gasteiger charge is -2.27. The number of ether oxygens (including phenoxy) is 1. The maximum Gasteiger partial charge on any atom is 0.340 e. The Labute approximate surface area is 188 Å². The van der Waals surface area contributed by atoms with Gasteiger partial charge in [-0.05, 0) is 36.5 Å². The predicted octanol–water partition coefficient (Wildman–Crippen LogP) is 3.65. The first-order valence-corrected chi connectivity index (χ1v) is 11.4. The molecule has 0 radical (unpaired) electrons. The molecule has 6 heteroatoms. The van der Waals surface area contributed by atoms with Gasteiger partial charge in [0.2, 0.25) is 11.8 Å². The summed E-state index contributed by atoms with van der Waals surface area (Å²) in [6, 6.07) is 17.6. The maximum absolute atomic E-state index is 13.0. The van der Waals surface area contributed by atoms with Gasteiger partial charge in [0, 0.05) is 37.4 Å². The number of fused-ring (bicyclic) bond motifs is 2. The number of benzene rings is 2. The highest BCUT2D eigenvalue weighted by molar-refractivity contribution is 6.22. The molecule has 1 saturated carbocycles. The molecule has 4 unspecified atom stereocenters. The van der Waals surface area contributed by atoms with Crippen LogP contribution in [0.3, 0.4) is 0 Å². The van der Waals surface area contributed by atoms with Crippen molar-refractivity contribution in [2.75, 3.05) is 18.1 Å². The lowest BCUT2D eigenvalue weighted by Crippen LogP contribution is -2.34. The van der Waals surface area contributed by atoms with Crippen molar-refractivity contribution in [3.63, 3.8) is 0 Å². The van der Waals surface area contributed by atoms with E-state index in [4.69, 9.17) is 4.74 Å². The fraction of sp³-hybridized carbons (Fsp3) is 0.423. The van der Waals surface area contributed by atoms with Crippen molar-refractivity contribution in [1.29, 1.82) is 0 Å². The van der Waals surface area contributed by atoms with Gasteiger partial charge >= 0.3 is 5.97 Å². The molecule has 2 aromatic carbocycles. The number of carbonyl (C=O) groups excluding carboxylic acids is 3. The number of imide groups is 1. The van der Waals surface area contributed by atoms with Crippen LogP contribution in [-0.2, 0) is 20.9 Å². The van der Waals surface area contributed by atoms with Crippen molar-refractivity contribution in [2.45, 2.75) is 38.8 Å². The molecule has 0 aromatic heterocycles. The third kappa shape index (κ3) is 3.73. The molecule has 4 atom stereocenters. The number of para-hydroxylation sites is 1. The second-order valence-corrected chi connectivity index (χ2v) is 9.27. The molecule has 166 valence electrons. The summed E-state index contributed by atoms with van der Waals surface area (Å²) in [4.78, 5) is 41.5. The number of rotatable bonds is 6. The number of piperidine rings is 1. The fourth-order valence-electron chi connectivity index (χ4n) is 5.62. The molecule has 3 aliphatic rings. The van der Waals surface area contributed by atoms with E-state index in [2.05, 4.69) is 29.2 Å². The second kappa shape index (κ2) is 8.51. The van der Waals surface area contributed by atoms with Crippen LogP contribution in [0.1, 0.15) is 42.1 Å². The van der Waals surface area contributed by atoms with Gasteiger partial charge in [-0.2, -0.15) is 0 Å². The molecule has 2 aromatic rings. The number of likely N-dealkylation sites (tertiary alicyclic amines) is 1. The summed E-state index contributed by atoms with van der Waals surface area (Å²) < 4.78 is 5.77. The van der Waals surface area contributed by atoms with Crippen LogP contribution in [-0.4, -0.2) is 41.9 Å². The van der Waals surface area contributed by atoms with E-state index in [0.717, 1.165) is 24.4 Å². The van der Waals surface area contributed by atoms with E-state index in [0.29, 0.717) is 30.2 Å². The number of carbonyl (C=O) groups is 3. The van der Waals surface area contributed by atoms with Crippen LogP contribution in [0.4, 0.5) is 5.69 Å². The highest BCUT2D eigenvalue weighted by atomic mass is 16.5. The van der Waals surface area contributed by atoms with Crippen LogP contribution >= 0.6 is 0 Å². The third-order valence-corrected chi connectivity index (χ3v) is 7.24. The van der Waals surface area contributed by atoms with Gasteiger partial charge in [0.15, 0.2) is 0 Å². The second-order valence-electron chi connectivity index (χ2n) is 9.27. The van der Waals surface area contributed by atoms with Crippen molar-refractivity contribution in [1.82, 2.24) is 4.90 Å². The first kappa shape index (κ1) is 20.9. The number of esters is 1. The summed E-state index contributed by atoms with van der Waals surface area (Å²) >= 11 is 0. The van der Waals surface area contributed by atoms with Crippen LogP contribution in [0.2, 0.25) is 0 Å². The monoisotopic (exact) mass is 432 g/mol.